The Labute approximate surface area is 219 Å². The molecule has 2 aliphatic rings. The second kappa shape index (κ2) is 12.1. The zero-order chi connectivity index (χ0) is 25.5. The summed E-state index contributed by atoms with van der Waals surface area (Å²) >= 11 is 0. The molecule has 3 amide bonds. The lowest BCUT2D eigenvalue weighted by Gasteiger charge is -2.28. The highest BCUT2D eigenvalue weighted by molar-refractivity contribution is 6.02. The van der Waals surface area contributed by atoms with Crippen molar-refractivity contribution in [1.82, 2.24) is 10.2 Å². The fraction of sp³-hybridized carbons (Fsp3) is 0.355. The number of rotatable bonds is 7. The van der Waals surface area contributed by atoms with E-state index < -0.39 is 0 Å². The largest absolute Gasteiger partial charge is 0.356 e. The molecular weight excluding hydrogens is 460 g/mol. The second-order valence-corrected chi connectivity index (χ2v) is 10.0. The van der Waals surface area contributed by atoms with Crippen molar-refractivity contribution in [2.24, 2.45) is 0 Å². The molecule has 5 rings (SSSR count). The number of benzene rings is 3. The normalized spacial score (nSPS) is 15.3. The van der Waals surface area contributed by atoms with Crippen LogP contribution in [0.25, 0.3) is 0 Å². The van der Waals surface area contributed by atoms with Gasteiger partial charge in [0.05, 0.1) is 6.42 Å². The first-order valence-corrected chi connectivity index (χ1v) is 13.5. The molecule has 3 aromatic carbocycles. The van der Waals surface area contributed by atoms with Crippen molar-refractivity contribution in [1.29, 1.82) is 0 Å². The average molecular weight is 497 g/mol. The summed E-state index contributed by atoms with van der Waals surface area (Å²) in [6.45, 7) is 4.47. The summed E-state index contributed by atoms with van der Waals surface area (Å²) in [5, 5.41) is 6.07. The zero-order valence-electron chi connectivity index (χ0n) is 21.4. The minimum absolute atomic E-state index is 0.0296. The van der Waals surface area contributed by atoms with E-state index >= 15 is 0 Å². The van der Waals surface area contributed by atoms with Gasteiger partial charge in [0.15, 0.2) is 0 Å². The van der Waals surface area contributed by atoms with E-state index in [9.17, 15) is 9.59 Å². The standard InChI is InChI=1S/C31H36N4O2/c36-30(32-18-7-19-34-21-17-25-8-1-2-11-27(25)23-34)22-24-13-15-28(16-14-24)33-31(37)35-20-6-5-10-26-9-3-4-12-29(26)35/h1-4,8-9,11-16H,5-7,10,17-23H2,(H,32,36)(H,33,37). The van der Waals surface area contributed by atoms with Crippen molar-refractivity contribution in [2.75, 3.05) is 36.4 Å². The van der Waals surface area contributed by atoms with Gasteiger partial charge in [-0.2, -0.15) is 0 Å². The molecular formula is C31H36N4O2. The van der Waals surface area contributed by atoms with Crippen LogP contribution in [-0.4, -0.2) is 43.0 Å². The minimum Gasteiger partial charge on any atom is -0.356 e. The number of nitrogens with one attached hydrogen (secondary N) is 2. The van der Waals surface area contributed by atoms with Gasteiger partial charge >= 0.3 is 6.03 Å². The van der Waals surface area contributed by atoms with Gasteiger partial charge in [-0.3, -0.25) is 14.6 Å². The number of para-hydroxylation sites is 1. The number of hydrogen-bond donors (Lipinski definition) is 2. The van der Waals surface area contributed by atoms with E-state index in [1.165, 1.54) is 16.7 Å². The molecule has 2 heterocycles. The Morgan fingerprint density at radius 3 is 2.38 bits per heavy atom. The van der Waals surface area contributed by atoms with Crippen LogP contribution in [0.4, 0.5) is 16.2 Å². The predicted octanol–water partition coefficient (Wildman–Crippen LogP) is 5.17. The van der Waals surface area contributed by atoms with Crippen LogP contribution in [-0.2, 0) is 30.6 Å². The minimum atomic E-state index is -0.114. The van der Waals surface area contributed by atoms with E-state index in [2.05, 4.69) is 45.9 Å². The van der Waals surface area contributed by atoms with Crippen LogP contribution in [0, 0.1) is 0 Å². The van der Waals surface area contributed by atoms with Crippen LogP contribution in [0.15, 0.2) is 72.8 Å². The molecule has 0 aliphatic carbocycles. The first-order chi connectivity index (χ1) is 18.2. The van der Waals surface area contributed by atoms with Crippen LogP contribution in [0.3, 0.4) is 0 Å². The lowest BCUT2D eigenvalue weighted by Crippen LogP contribution is -2.35. The lowest BCUT2D eigenvalue weighted by molar-refractivity contribution is -0.120. The van der Waals surface area contributed by atoms with Crippen molar-refractivity contribution in [2.45, 2.75) is 45.1 Å². The molecule has 0 radical (unpaired) electrons. The molecule has 37 heavy (non-hydrogen) atoms. The molecule has 0 saturated carbocycles. The molecule has 0 bridgehead atoms. The van der Waals surface area contributed by atoms with E-state index in [-0.39, 0.29) is 11.9 Å². The number of fused-ring (bicyclic) bond motifs is 2. The number of carbonyl (C=O) groups is 2. The Kier molecular flexibility index (Phi) is 8.16. The number of urea groups is 1. The van der Waals surface area contributed by atoms with Gasteiger partial charge in [0.25, 0.3) is 0 Å². The summed E-state index contributed by atoms with van der Waals surface area (Å²) in [7, 11) is 0. The summed E-state index contributed by atoms with van der Waals surface area (Å²) in [4.78, 5) is 29.8. The SMILES string of the molecule is O=C(Cc1ccc(NC(=O)N2CCCCc3ccccc32)cc1)NCCCN1CCc2ccccc2C1. The highest BCUT2D eigenvalue weighted by atomic mass is 16.2. The highest BCUT2D eigenvalue weighted by Gasteiger charge is 2.21. The Morgan fingerprint density at radius 1 is 0.784 bits per heavy atom. The zero-order valence-corrected chi connectivity index (χ0v) is 21.4. The predicted molar refractivity (Wildman–Crippen MR) is 149 cm³/mol. The van der Waals surface area contributed by atoms with Crippen molar-refractivity contribution in [3.63, 3.8) is 0 Å². The van der Waals surface area contributed by atoms with Gasteiger partial charge in [-0.05, 0) is 72.6 Å². The van der Waals surface area contributed by atoms with Crippen LogP contribution in [0.5, 0.6) is 0 Å². The molecule has 2 aliphatic heterocycles. The third kappa shape index (κ3) is 6.57. The van der Waals surface area contributed by atoms with Crippen molar-refractivity contribution in [3.8, 4) is 0 Å². The number of aryl methyl sites for hydroxylation is 1. The van der Waals surface area contributed by atoms with E-state index in [1.807, 2.05) is 47.4 Å². The van der Waals surface area contributed by atoms with Crippen molar-refractivity contribution in [3.05, 3.63) is 95.1 Å². The molecule has 6 heteroatoms. The topological polar surface area (TPSA) is 64.7 Å². The summed E-state index contributed by atoms with van der Waals surface area (Å²) in [6.07, 6.45) is 5.46. The van der Waals surface area contributed by atoms with E-state index in [1.54, 1.807) is 0 Å². The lowest BCUT2D eigenvalue weighted by atomic mass is 10.00. The van der Waals surface area contributed by atoms with E-state index in [4.69, 9.17) is 0 Å². The van der Waals surface area contributed by atoms with E-state index in [0.717, 1.165) is 68.7 Å². The number of amides is 3. The maximum atomic E-state index is 13.0. The summed E-state index contributed by atoms with van der Waals surface area (Å²) in [5.41, 5.74) is 6.77. The fourth-order valence-electron chi connectivity index (χ4n) is 5.32. The number of anilines is 2. The van der Waals surface area contributed by atoms with E-state index in [0.29, 0.717) is 19.5 Å². The third-order valence-electron chi connectivity index (χ3n) is 7.36. The molecule has 0 unspecified atom stereocenters. The smallest absolute Gasteiger partial charge is 0.326 e. The molecule has 0 spiro atoms. The molecule has 0 fully saturated rings. The molecule has 6 nitrogen and oxygen atoms in total. The Hall–Kier alpha value is -3.64. The third-order valence-corrected chi connectivity index (χ3v) is 7.36. The Morgan fingerprint density at radius 2 is 1.54 bits per heavy atom. The maximum absolute atomic E-state index is 13.0. The van der Waals surface area contributed by atoms with Crippen LogP contribution >= 0.6 is 0 Å². The van der Waals surface area contributed by atoms with Gasteiger partial charge in [-0.15, -0.1) is 0 Å². The first-order valence-electron chi connectivity index (χ1n) is 13.5. The van der Waals surface area contributed by atoms with Gasteiger partial charge in [0.2, 0.25) is 5.91 Å². The number of hydrogen-bond acceptors (Lipinski definition) is 3. The summed E-state index contributed by atoms with van der Waals surface area (Å²) in [6, 6.07) is 24.3. The summed E-state index contributed by atoms with van der Waals surface area (Å²) < 4.78 is 0. The van der Waals surface area contributed by atoms with Crippen LogP contribution in [0.1, 0.15) is 41.5 Å². The molecule has 3 aromatic rings. The molecule has 2 N–H and O–H groups in total. The monoisotopic (exact) mass is 496 g/mol. The van der Waals surface area contributed by atoms with Crippen molar-refractivity contribution >= 4 is 23.3 Å². The van der Waals surface area contributed by atoms with Gasteiger partial charge < -0.3 is 10.6 Å². The number of nitrogens with zero attached hydrogens (tertiary/aromatic N) is 2. The fourth-order valence-corrected chi connectivity index (χ4v) is 5.32. The van der Waals surface area contributed by atoms with Gasteiger partial charge in [-0.1, -0.05) is 54.6 Å². The quantitative estimate of drug-likeness (QED) is 0.444. The molecule has 0 aromatic heterocycles. The average Bonchev–Trinajstić information content (AvgIpc) is 3.15. The first kappa shape index (κ1) is 25.0. The summed E-state index contributed by atoms with van der Waals surface area (Å²) in [5.74, 6) is 0.0296. The molecule has 0 saturated heterocycles. The Bertz CT molecular complexity index is 1220. The number of carbonyl (C=O) groups excluding carboxylic acids is 2. The molecule has 0 atom stereocenters. The molecule has 192 valence electrons. The highest BCUT2D eigenvalue weighted by Crippen LogP contribution is 2.27. The maximum Gasteiger partial charge on any atom is 0.326 e. The van der Waals surface area contributed by atoms with Gasteiger partial charge in [-0.25, -0.2) is 4.79 Å². The van der Waals surface area contributed by atoms with Gasteiger partial charge in [0.1, 0.15) is 0 Å². The van der Waals surface area contributed by atoms with Crippen LogP contribution < -0.4 is 15.5 Å². The van der Waals surface area contributed by atoms with Crippen LogP contribution in [0.2, 0.25) is 0 Å². The second-order valence-electron chi connectivity index (χ2n) is 10.0. The van der Waals surface area contributed by atoms with Gasteiger partial charge in [0, 0.05) is 44.1 Å². The van der Waals surface area contributed by atoms with Crippen molar-refractivity contribution < 1.29 is 9.59 Å². The Balaban J connectivity index is 1.05.